The predicted molar refractivity (Wildman–Crippen MR) is 83.1 cm³/mol. The summed E-state index contributed by atoms with van der Waals surface area (Å²) in [7, 11) is -3.35. The number of nitrogens with one attached hydrogen (secondary N) is 1. The van der Waals surface area contributed by atoms with Crippen molar-refractivity contribution in [1.82, 2.24) is 0 Å². The van der Waals surface area contributed by atoms with Crippen LogP contribution in [0.1, 0.15) is 15.9 Å². The smallest absolute Gasteiger partial charge is 0.255 e. The highest BCUT2D eigenvalue weighted by Gasteiger charge is 2.12. The maximum Gasteiger partial charge on any atom is 0.255 e. The summed E-state index contributed by atoms with van der Waals surface area (Å²) in [4.78, 5) is 12.3. The average Bonchev–Trinajstić information content (AvgIpc) is 2.41. The molecule has 2 aromatic carbocycles. The van der Waals surface area contributed by atoms with Gasteiger partial charge in [-0.3, -0.25) is 4.79 Å². The Labute approximate surface area is 123 Å². The van der Waals surface area contributed by atoms with E-state index in [2.05, 4.69) is 5.32 Å². The molecule has 0 saturated carbocycles. The molecule has 2 rings (SSSR count). The maximum absolute atomic E-state index is 12.2. The van der Waals surface area contributed by atoms with Gasteiger partial charge in [-0.25, -0.2) is 8.42 Å². The van der Waals surface area contributed by atoms with Crippen LogP contribution in [-0.4, -0.2) is 20.6 Å². The Hall–Kier alpha value is -2.34. The first-order chi connectivity index (χ1) is 9.77. The first-order valence-corrected chi connectivity index (χ1v) is 8.14. The number of hydrogen-bond acceptors (Lipinski definition) is 4. The number of nitrogen functional groups attached to an aromatic ring is 1. The topological polar surface area (TPSA) is 89.3 Å². The molecular formula is C15H16N2O3S. The molecule has 21 heavy (non-hydrogen) atoms. The maximum atomic E-state index is 12.2. The van der Waals surface area contributed by atoms with E-state index >= 15 is 0 Å². The van der Waals surface area contributed by atoms with Gasteiger partial charge in [-0.2, -0.15) is 0 Å². The summed E-state index contributed by atoms with van der Waals surface area (Å²) >= 11 is 0. The summed E-state index contributed by atoms with van der Waals surface area (Å²) in [6, 6.07) is 11.2. The van der Waals surface area contributed by atoms with Crippen molar-refractivity contribution < 1.29 is 13.2 Å². The highest BCUT2D eigenvalue weighted by atomic mass is 32.2. The van der Waals surface area contributed by atoms with Crippen LogP contribution >= 0.6 is 0 Å². The Morgan fingerprint density at radius 1 is 1.14 bits per heavy atom. The number of benzene rings is 2. The van der Waals surface area contributed by atoms with E-state index in [1.807, 2.05) is 13.0 Å². The van der Waals surface area contributed by atoms with Crippen molar-refractivity contribution in [2.45, 2.75) is 11.8 Å². The van der Waals surface area contributed by atoms with Crippen molar-refractivity contribution in [2.24, 2.45) is 0 Å². The van der Waals surface area contributed by atoms with Gasteiger partial charge in [-0.1, -0.05) is 12.1 Å². The lowest BCUT2D eigenvalue weighted by molar-refractivity contribution is 0.102. The van der Waals surface area contributed by atoms with Crippen LogP contribution in [0.15, 0.2) is 47.4 Å². The van der Waals surface area contributed by atoms with Gasteiger partial charge < -0.3 is 11.1 Å². The molecule has 0 fully saturated rings. The standard InChI is InChI=1S/C15H16N2O3S/c1-10-6-7-14(13(16)8-10)17-15(18)11-4-3-5-12(9-11)21(2,19)20/h3-9H,16H2,1-2H3,(H,17,18). The monoisotopic (exact) mass is 304 g/mol. The van der Waals surface area contributed by atoms with E-state index in [1.54, 1.807) is 18.2 Å². The minimum absolute atomic E-state index is 0.104. The lowest BCUT2D eigenvalue weighted by Gasteiger charge is -2.09. The van der Waals surface area contributed by atoms with Crippen LogP contribution in [-0.2, 0) is 9.84 Å². The van der Waals surface area contributed by atoms with Gasteiger partial charge in [0.25, 0.3) is 5.91 Å². The summed E-state index contributed by atoms with van der Waals surface area (Å²) < 4.78 is 23.0. The molecule has 0 heterocycles. The molecule has 3 N–H and O–H groups in total. The Balaban J connectivity index is 2.29. The van der Waals surface area contributed by atoms with E-state index in [9.17, 15) is 13.2 Å². The minimum atomic E-state index is -3.35. The van der Waals surface area contributed by atoms with Crippen molar-refractivity contribution in [2.75, 3.05) is 17.3 Å². The molecule has 0 radical (unpaired) electrons. The van der Waals surface area contributed by atoms with Gasteiger partial charge in [-0.05, 0) is 42.8 Å². The molecule has 0 atom stereocenters. The zero-order valence-corrected chi connectivity index (χ0v) is 12.6. The molecule has 110 valence electrons. The summed E-state index contributed by atoms with van der Waals surface area (Å²) in [6.07, 6.45) is 1.10. The molecule has 1 amide bonds. The van der Waals surface area contributed by atoms with Gasteiger partial charge in [0.05, 0.1) is 16.3 Å². The van der Waals surface area contributed by atoms with Gasteiger partial charge in [0.1, 0.15) is 0 Å². The van der Waals surface area contributed by atoms with Crippen molar-refractivity contribution in [3.8, 4) is 0 Å². The zero-order valence-electron chi connectivity index (χ0n) is 11.8. The van der Waals surface area contributed by atoms with Crippen LogP contribution in [0.3, 0.4) is 0 Å². The fraction of sp³-hybridized carbons (Fsp3) is 0.133. The lowest BCUT2D eigenvalue weighted by Crippen LogP contribution is -2.14. The second-order valence-corrected chi connectivity index (χ2v) is 6.86. The number of hydrogen-bond donors (Lipinski definition) is 2. The Bertz CT molecular complexity index is 798. The average molecular weight is 304 g/mol. The van der Waals surface area contributed by atoms with Crippen molar-refractivity contribution in [3.05, 3.63) is 53.6 Å². The fourth-order valence-corrected chi connectivity index (χ4v) is 2.53. The third-order valence-electron chi connectivity index (χ3n) is 2.98. The molecule has 0 saturated heterocycles. The first kappa shape index (κ1) is 15.1. The van der Waals surface area contributed by atoms with Crippen molar-refractivity contribution in [1.29, 1.82) is 0 Å². The number of aryl methyl sites for hydroxylation is 1. The van der Waals surface area contributed by atoms with Crippen LogP contribution < -0.4 is 11.1 Å². The van der Waals surface area contributed by atoms with Gasteiger partial charge >= 0.3 is 0 Å². The minimum Gasteiger partial charge on any atom is -0.397 e. The second-order valence-electron chi connectivity index (χ2n) is 4.84. The Morgan fingerprint density at radius 3 is 2.48 bits per heavy atom. The van der Waals surface area contributed by atoms with Crippen LogP contribution in [0.2, 0.25) is 0 Å². The Kier molecular flexibility index (Phi) is 3.99. The van der Waals surface area contributed by atoms with Crippen molar-refractivity contribution in [3.63, 3.8) is 0 Å². The van der Waals surface area contributed by atoms with E-state index in [1.165, 1.54) is 18.2 Å². The van der Waals surface area contributed by atoms with E-state index in [4.69, 9.17) is 5.73 Å². The Morgan fingerprint density at radius 2 is 1.86 bits per heavy atom. The number of sulfone groups is 1. The molecule has 6 heteroatoms. The first-order valence-electron chi connectivity index (χ1n) is 6.25. The fourth-order valence-electron chi connectivity index (χ4n) is 1.86. The second kappa shape index (κ2) is 5.57. The molecule has 2 aromatic rings. The normalized spacial score (nSPS) is 11.1. The zero-order chi connectivity index (χ0) is 15.6. The molecule has 0 aliphatic carbocycles. The molecule has 0 bridgehead atoms. The number of amides is 1. The van der Waals surface area contributed by atoms with Crippen molar-refractivity contribution >= 4 is 27.1 Å². The van der Waals surface area contributed by atoms with Crippen LogP contribution in [0.5, 0.6) is 0 Å². The van der Waals surface area contributed by atoms with Gasteiger partial charge in [0.15, 0.2) is 9.84 Å². The highest BCUT2D eigenvalue weighted by Crippen LogP contribution is 2.20. The molecule has 0 aromatic heterocycles. The molecule has 0 unspecified atom stereocenters. The van der Waals surface area contributed by atoms with Gasteiger partial charge in [0.2, 0.25) is 0 Å². The van der Waals surface area contributed by atoms with Gasteiger partial charge in [-0.15, -0.1) is 0 Å². The highest BCUT2D eigenvalue weighted by molar-refractivity contribution is 7.90. The van der Waals surface area contributed by atoms with E-state index < -0.39 is 15.7 Å². The number of nitrogens with two attached hydrogens (primary N) is 1. The summed E-state index contributed by atoms with van der Waals surface area (Å²) in [5.74, 6) is -0.406. The largest absolute Gasteiger partial charge is 0.397 e. The summed E-state index contributed by atoms with van der Waals surface area (Å²) in [6.45, 7) is 1.90. The number of anilines is 2. The van der Waals surface area contributed by atoms with E-state index in [0.717, 1.165) is 11.8 Å². The van der Waals surface area contributed by atoms with Crippen LogP contribution in [0.25, 0.3) is 0 Å². The third-order valence-corrected chi connectivity index (χ3v) is 4.09. The number of rotatable bonds is 3. The predicted octanol–water partition coefficient (Wildman–Crippen LogP) is 2.23. The molecular weight excluding hydrogens is 288 g/mol. The SMILES string of the molecule is Cc1ccc(NC(=O)c2cccc(S(C)(=O)=O)c2)c(N)c1. The molecule has 5 nitrogen and oxygen atoms in total. The lowest BCUT2D eigenvalue weighted by atomic mass is 10.1. The number of carbonyl (C=O) groups is 1. The summed E-state index contributed by atoms with van der Waals surface area (Å²) in [5.41, 5.74) is 8.05. The van der Waals surface area contributed by atoms with Crippen LogP contribution in [0.4, 0.5) is 11.4 Å². The van der Waals surface area contributed by atoms with Gasteiger partial charge in [0, 0.05) is 11.8 Å². The van der Waals surface area contributed by atoms with E-state index in [-0.39, 0.29) is 10.5 Å². The molecule has 0 spiro atoms. The quantitative estimate of drug-likeness (QED) is 0.851. The molecule has 0 aliphatic rings. The van der Waals surface area contributed by atoms with E-state index in [0.29, 0.717) is 11.4 Å². The van der Waals surface area contributed by atoms with Crippen LogP contribution in [0, 0.1) is 6.92 Å². The summed E-state index contributed by atoms with van der Waals surface area (Å²) in [5, 5.41) is 2.67. The molecule has 0 aliphatic heterocycles. The third kappa shape index (κ3) is 3.61. The number of carbonyl (C=O) groups excluding carboxylic acids is 1.